The Balaban J connectivity index is 0.00000162. The van der Waals surface area contributed by atoms with E-state index in [1.54, 1.807) is 0 Å². The lowest BCUT2D eigenvalue weighted by molar-refractivity contribution is -0.484. The molecule has 2 rings (SSSR count). The smallest absolute Gasteiger partial charge is 0.366 e. The van der Waals surface area contributed by atoms with Crippen LogP contribution in [0.2, 0.25) is 0 Å². The zero-order valence-corrected chi connectivity index (χ0v) is 11.0. The molecule has 1 fully saturated rings. The number of hydrogen-bond donors (Lipinski definition) is 1. The molecule has 5 heteroatoms. The number of para-hydroxylation sites is 1. The fraction of sp³-hybridized carbons (Fsp3) is 0.462. The van der Waals surface area contributed by atoms with Crippen LogP contribution in [0, 0.1) is 0 Å². The number of amides is 1. The Kier molecular flexibility index (Phi) is 6.90. The zero-order valence-electron chi connectivity index (χ0n) is 10.3. The number of carbonyl (C=O) groups excluding carboxylic acids is 1. The van der Waals surface area contributed by atoms with Crippen LogP contribution in [0.3, 0.4) is 0 Å². The summed E-state index contributed by atoms with van der Waals surface area (Å²) < 4.78 is 5.26. The number of nitrogens with zero attached hydrogens (tertiary/aromatic N) is 1. The molecule has 1 saturated heterocycles. The van der Waals surface area contributed by atoms with Gasteiger partial charge in [0, 0.05) is 31.8 Å². The second-order valence-corrected chi connectivity index (χ2v) is 4.12. The number of anilines is 1. The van der Waals surface area contributed by atoms with Crippen molar-refractivity contribution >= 4 is 11.6 Å². The molecule has 1 aromatic carbocycles. The van der Waals surface area contributed by atoms with Crippen molar-refractivity contribution in [3.05, 3.63) is 30.3 Å². The second kappa shape index (κ2) is 8.21. The van der Waals surface area contributed by atoms with E-state index < -0.39 is 0 Å². The summed E-state index contributed by atoms with van der Waals surface area (Å²) in [5.74, 6) is 0.0719. The van der Waals surface area contributed by atoms with E-state index in [0.717, 1.165) is 38.5 Å². The van der Waals surface area contributed by atoms with Crippen LogP contribution >= 0.6 is 0 Å². The quantitative estimate of drug-likeness (QED) is 0.631. The predicted molar refractivity (Wildman–Crippen MR) is 63.9 cm³/mol. The van der Waals surface area contributed by atoms with Crippen LogP contribution in [-0.4, -0.2) is 43.7 Å². The number of hydrogen-bond acceptors (Lipinski definition) is 3. The number of halogens is 1. The number of ether oxygens (including phenoxy) is 1. The number of morpholine rings is 1. The van der Waals surface area contributed by atoms with E-state index in [-0.39, 0.29) is 18.3 Å². The molecule has 0 aromatic heterocycles. The molecule has 1 N–H and O–H groups in total. The van der Waals surface area contributed by atoms with Crippen LogP contribution in [0.5, 0.6) is 0 Å². The molecule has 0 saturated carbocycles. The summed E-state index contributed by atoms with van der Waals surface area (Å²) in [5, 5.41) is 2.88. The Morgan fingerprint density at radius 1 is 1.22 bits per heavy atom. The Morgan fingerprint density at radius 2 is 1.89 bits per heavy atom. The molecular formula is C13H18ClN2O2. The third-order valence-electron chi connectivity index (χ3n) is 2.82. The first-order chi connectivity index (χ1) is 8.34. The van der Waals surface area contributed by atoms with Gasteiger partial charge in [-0.05, 0) is 0 Å². The summed E-state index contributed by atoms with van der Waals surface area (Å²) in [6.45, 7) is 4.22. The van der Waals surface area contributed by atoms with Crippen molar-refractivity contribution in [2.75, 3.05) is 32.8 Å². The van der Waals surface area contributed by atoms with Crippen LogP contribution in [-0.2, 0) is 9.53 Å². The number of carbonyl (C=O) groups is 1. The SMILES string of the molecule is O=C(CCN1CCOCC1)[NH+]c1ccccc1.[Cl-]. The first-order valence-corrected chi connectivity index (χ1v) is 5.99. The number of benzene rings is 1. The largest absolute Gasteiger partial charge is 1.00 e. The molecule has 1 heterocycles. The third kappa shape index (κ3) is 5.14. The highest BCUT2D eigenvalue weighted by atomic mass is 35.5. The maximum atomic E-state index is 11.7. The van der Waals surface area contributed by atoms with Gasteiger partial charge in [-0.15, -0.1) is 0 Å². The maximum absolute atomic E-state index is 11.7. The van der Waals surface area contributed by atoms with E-state index in [4.69, 9.17) is 4.74 Å². The fourth-order valence-corrected chi connectivity index (χ4v) is 1.83. The molecule has 0 bridgehead atoms. The molecule has 18 heavy (non-hydrogen) atoms. The highest BCUT2D eigenvalue weighted by molar-refractivity contribution is 5.68. The van der Waals surface area contributed by atoms with E-state index >= 15 is 0 Å². The van der Waals surface area contributed by atoms with Crippen molar-refractivity contribution in [2.24, 2.45) is 0 Å². The molecule has 0 unspecified atom stereocenters. The summed E-state index contributed by atoms with van der Waals surface area (Å²) in [5.41, 5.74) is 0.861. The summed E-state index contributed by atoms with van der Waals surface area (Å²) in [4.78, 5) is 13.9. The normalized spacial score (nSPS) is 16.0. The molecule has 4 nitrogen and oxygen atoms in total. The molecule has 1 aromatic rings. The molecule has 0 atom stereocenters. The number of rotatable bonds is 4. The molecule has 1 radical (unpaired) electrons. The van der Waals surface area contributed by atoms with E-state index in [2.05, 4.69) is 10.2 Å². The minimum atomic E-state index is 0. The second-order valence-electron chi connectivity index (χ2n) is 4.12. The van der Waals surface area contributed by atoms with Crippen molar-refractivity contribution in [3.63, 3.8) is 0 Å². The van der Waals surface area contributed by atoms with Gasteiger partial charge in [-0.1, -0.05) is 23.5 Å². The van der Waals surface area contributed by atoms with Gasteiger partial charge in [0.2, 0.25) is 0 Å². The Bertz CT molecular complexity index is 353. The van der Waals surface area contributed by atoms with Crippen molar-refractivity contribution < 1.29 is 27.3 Å². The first-order valence-electron chi connectivity index (χ1n) is 5.99. The summed E-state index contributed by atoms with van der Waals surface area (Å²) >= 11 is 0. The van der Waals surface area contributed by atoms with Crippen LogP contribution < -0.4 is 17.7 Å². The average molecular weight is 270 g/mol. The van der Waals surface area contributed by atoms with Crippen LogP contribution in [0.4, 0.5) is 5.69 Å². The van der Waals surface area contributed by atoms with E-state index in [1.807, 2.05) is 30.3 Å². The van der Waals surface area contributed by atoms with Gasteiger partial charge in [0.15, 0.2) is 5.69 Å². The van der Waals surface area contributed by atoms with Gasteiger partial charge in [0.05, 0.1) is 19.6 Å². The molecule has 0 spiro atoms. The van der Waals surface area contributed by atoms with Gasteiger partial charge in [0.25, 0.3) is 0 Å². The predicted octanol–water partition coefficient (Wildman–Crippen LogP) is -3.08. The molecule has 1 aliphatic rings. The first kappa shape index (κ1) is 15.1. The highest BCUT2D eigenvalue weighted by Gasteiger charge is 2.16. The summed E-state index contributed by atoms with van der Waals surface area (Å²) in [6.07, 6.45) is 0.537. The maximum Gasteiger partial charge on any atom is 0.366 e. The van der Waals surface area contributed by atoms with Crippen LogP contribution in [0.15, 0.2) is 30.3 Å². The van der Waals surface area contributed by atoms with Gasteiger partial charge in [-0.25, -0.2) is 4.79 Å². The van der Waals surface area contributed by atoms with E-state index in [1.165, 1.54) is 0 Å². The van der Waals surface area contributed by atoms with Gasteiger partial charge < -0.3 is 17.1 Å². The van der Waals surface area contributed by atoms with Crippen LogP contribution in [0.25, 0.3) is 0 Å². The summed E-state index contributed by atoms with van der Waals surface area (Å²) in [6, 6.07) is 9.55. The van der Waals surface area contributed by atoms with Gasteiger partial charge in [-0.3, -0.25) is 4.90 Å². The van der Waals surface area contributed by atoms with E-state index in [0.29, 0.717) is 6.42 Å². The topological polar surface area (TPSA) is 45.1 Å². The molecule has 0 aliphatic carbocycles. The van der Waals surface area contributed by atoms with Crippen LogP contribution in [0.1, 0.15) is 6.42 Å². The van der Waals surface area contributed by atoms with Crippen molar-refractivity contribution in [1.29, 1.82) is 0 Å². The van der Waals surface area contributed by atoms with Gasteiger partial charge in [-0.2, -0.15) is 0 Å². The lowest BCUT2D eigenvalue weighted by atomic mass is 10.3. The van der Waals surface area contributed by atoms with Gasteiger partial charge >= 0.3 is 5.91 Å². The lowest BCUT2D eigenvalue weighted by Crippen LogP contribution is -3.00. The van der Waals surface area contributed by atoms with Crippen molar-refractivity contribution in [3.8, 4) is 0 Å². The monoisotopic (exact) mass is 269 g/mol. The minimum absolute atomic E-state index is 0. The van der Waals surface area contributed by atoms with E-state index in [9.17, 15) is 4.79 Å². The van der Waals surface area contributed by atoms with Crippen molar-refractivity contribution in [2.45, 2.75) is 6.42 Å². The molecule has 1 amide bonds. The minimum Gasteiger partial charge on any atom is -1.00 e. The van der Waals surface area contributed by atoms with Crippen molar-refractivity contribution in [1.82, 2.24) is 4.90 Å². The zero-order chi connectivity index (χ0) is 11.9. The summed E-state index contributed by atoms with van der Waals surface area (Å²) in [7, 11) is 0. The average Bonchev–Trinajstić information content (AvgIpc) is 2.39. The molecule has 99 valence electrons. The Morgan fingerprint density at radius 3 is 2.56 bits per heavy atom. The highest BCUT2D eigenvalue weighted by Crippen LogP contribution is 1.99. The molecular weight excluding hydrogens is 252 g/mol. The standard InChI is InChI=1S/C13H18N2O2.ClH/c16-13(14-12-4-2-1-3-5-12)6-7-15-8-10-17-11-9-15;/h1-5,14H,6-11H2;1H/q+1;/p-1. The number of nitrogens with one attached hydrogen (secondary N) is 1. The van der Waals surface area contributed by atoms with Gasteiger partial charge in [0.1, 0.15) is 0 Å². The third-order valence-corrected chi connectivity index (χ3v) is 2.82. The molecule has 1 aliphatic heterocycles. The Labute approximate surface area is 114 Å². The fourth-order valence-electron chi connectivity index (χ4n) is 1.83. The Hall–Kier alpha value is -0.940. The lowest BCUT2D eigenvalue weighted by Gasteiger charge is -2.25.